The number of hydrogen-bond donors (Lipinski definition) is 0. The lowest BCUT2D eigenvalue weighted by molar-refractivity contribution is 0.0528. The van der Waals surface area contributed by atoms with Gasteiger partial charge in [-0.25, -0.2) is 4.79 Å². The summed E-state index contributed by atoms with van der Waals surface area (Å²) < 4.78 is 24.7. The van der Waals surface area contributed by atoms with Crippen LogP contribution in [0.2, 0.25) is 0 Å². The van der Waals surface area contributed by atoms with Gasteiger partial charge in [-0.1, -0.05) is 24.3 Å². The fraction of sp³-hybridized carbons (Fsp3) is 0.303. The predicted molar refractivity (Wildman–Crippen MR) is 158 cm³/mol. The van der Waals surface area contributed by atoms with Crippen molar-refractivity contribution in [2.75, 3.05) is 46.9 Å². The summed E-state index contributed by atoms with van der Waals surface area (Å²) >= 11 is 0. The van der Waals surface area contributed by atoms with E-state index in [0.29, 0.717) is 23.5 Å². The maximum Gasteiger partial charge on any atom is 0.340 e. The van der Waals surface area contributed by atoms with Gasteiger partial charge in [0.05, 0.1) is 39.2 Å². The van der Waals surface area contributed by atoms with E-state index in [4.69, 9.17) is 18.9 Å². The summed E-state index contributed by atoms with van der Waals surface area (Å²) in [7, 11) is 8.98. The number of methoxy groups -OCH3 is 3. The number of aryl methyl sites for hydroxylation is 1. The molecule has 0 saturated carbocycles. The summed E-state index contributed by atoms with van der Waals surface area (Å²) in [5.74, 6) is 1.78. The lowest BCUT2D eigenvalue weighted by Crippen LogP contribution is -2.15. The van der Waals surface area contributed by atoms with Crippen LogP contribution in [-0.4, -0.2) is 52.6 Å². The van der Waals surface area contributed by atoms with E-state index >= 15 is 0 Å². The highest BCUT2D eigenvalue weighted by Gasteiger charge is 2.33. The predicted octanol–water partition coefficient (Wildman–Crippen LogP) is 6.24. The smallest absolute Gasteiger partial charge is 0.340 e. The van der Waals surface area contributed by atoms with Crippen LogP contribution in [0, 0.1) is 0 Å². The Morgan fingerprint density at radius 3 is 2.30 bits per heavy atom. The third-order valence-electron chi connectivity index (χ3n) is 7.50. The van der Waals surface area contributed by atoms with E-state index in [1.807, 2.05) is 51.4 Å². The van der Waals surface area contributed by atoms with Gasteiger partial charge in [-0.05, 0) is 66.4 Å². The molecule has 208 valence electrons. The van der Waals surface area contributed by atoms with Gasteiger partial charge in [0, 0.05) is 49.6 Å². The molecular formula is C33H36N2O5. The Morgan fingerprint density at radius 2 is 1.65 bits per heavy atom. The summed E-state index contributed by atoms with van der Waals surface area (Å²) in [6.45, 7) is 2.85. The van der Waals surface area contributed by atoms with Crippen molar-refractivity contribution in [3.05, 3.63) is 83.0 Å². The Bertz CT molecular complexity index is 1540. The van der Waals surface area contributed by atoms with Gasteiger partial charge < -0.3 is 28.4 Å². The minimum atomic E-state index is -0.333. The highest BCUT2D eigenvalue weighted by atomic mass is 16.5. The normalized spacial score (nSPS) is 11.8. The van der Waals surface area contributed by atoms with E-state index in [0.717, 1.165) is 63.6 Å². The Labute approximate surface area is 235 Å². The van der Waals surface area contributed by atoms with Crippen molar-refractivity contribution in [3.63, 3.8) is 0 Å². The number of esters is 1. The zero-order valence-electron chi connectivity index (χ0n) is 24.0. The molecule has 4 aromatic rings. The average molecular weight is 541 g/mol. The van der Waals surface area contributed by atoms with Crippen LogP contribution in [-0.2, 0) is 24.1 Å². The molecule has 0 N–H and O–H groups in total. The monoisotopic (exact) mass is 540 g/mol. The molecule has 3 aromatic carbocycles. The van der Waals surface area contributed by atoms with Crippen LogP contribution in [0.5, 0.6) is 17.2 Å². The molecule has 5 rings (SSSR count). The molecule has 0 atom stereocenters. The van der Waals surface area contributed by atoms with E-state index < -0.39 is 0 Å². The van der Waals surface area contributed by atoms with Crippen molar-refractivity contribution in [1.29, 1.82) is 0 Å². The molecule has 0 unspecified atom stereocenters. The number of benzene rings is 3. The van der Waals surface area contributed by atoms with E-state index in [-0.39, 0.29) is 12.6 Å². The van der Waals surface area contributed by atoms with E-state index in [9.17, 15) is 4.79 Å². The number of fused-ring (bicyclic) bond motifs is 3. The number of carbonyl (C=O) groups excluding carboxylic acids is 1. The second-order valence-corrected chi connectivity index (χ2v) is 10.0. The van der Waals surface area contributed by atoms with Crippen molar-refractivity contribution in [3.8, 4) is 39.6 Å². The first-order chi connectivity index (χ1) is 19.4. The number of nitrogens with zero attached hydrogens (tertiary/aromatic N) is 2. The fourth-order valence-electron chi connectivity index (χ4n) is 5.55. The molecule has 7 nitrogen and oxygen atoms in total. The van der Waals surface area contributed by atoms with E-state index in [2.05, 4.69) is 39.8 Å². The molecule has 0 bridgehead atoms. The number of ether oxygens (including phenoxy) is 4. The van der Waals surface area contributed by atoms with Gasteiger partial charge in [0.15, 0.2) is 11.5 Å². The minimum absolute atomic E-state index is 0.285. The summed E-state index contributed by atoms with van der Waals surface area (Å²) in [5.41, 5.74) is 8.62. The highest BCUT2D eigenvalue weighted by Crippen LogP contribution is 2.46. The average Bonchev–Trinajstić information content (AvgIpc) is 3.31. The van der Waals surface area contributed by atoms with Gasteiger partial charge in [-0.3, -0.25) is 0 Å². The van der Waals surface area contributed by atoms with Gasteiger partial charge >= 0.3 is 5.97 Å². The molecule has 0 amide bonds. The van der Waals surface area contributed by atoms with Gasteiger partial charge in [0.1, 0.15) is 5.75 Å². The zero-order valence-corrected chi connectivity index (χ0v) is 24.0. The minimum Gasteiger partial charge on any atom is -0.497 e. The largest absolute Gasteiger partial charge is 0.497 e. The van der Waals surface area contributed by atoms with Crippen LogP contribution in [0.3, 0.4) is 0 Å². The van der Waals surface area contributed by atoms with Crippen LogP contribution in [0.25, 0.3) is 22.4 Å². The molecule has 40 heavy (non-hydrogen) atoms. The van der Waals surface area contributed by atoms with Crippen molar-refractivity contribution < 1.29 is 23.7 Å². The fourth-order valence-corrected chi connectivity index (χ4v) is 5.55. The first-order valence-corrected chi connectivity index (χ1v) is 13.5. The third-order valence-corrected chi connectivity index (χ3v) is 7.50. The Morgan fingerprint density at radius 1 is 0.925 bits per heavy atom. The summed E-state index contributed by atoms with van der Waals surface area (Å²) in [5, 5.41) is 0. The summed E-state index contributed by atoms with van der Waals surface area (Å²) in [6, 6.07) is 20.4. The van der Waals surface area contributed by atoms with Crippen molar-refractivity contribution >= 4 is 11.7 Å². The number of anilines is 1. The lowest BCUT2D eigenvalue weighted by atomic mass is 9.92. The van der Waals surface area contributed by atoms with Crippen LogP contribution >= 0.6 is 0 Å². The molecule has 1 aliphatic rings. The van der Waals surface area contributed by atoms with Gasteiger partial charge in [-0.15, -0.1) is 0 Å². The first kappa shape index (κ1) is 27.2. The second kappa shape index (κ2) is 11.4. The number of rotatable bonds is 9. The topological polar surface area (TPSA) is 62.2 Å². The molecule has 7 heteroatoms. The molecule has 0 fully saturated rings. The van der Waals surface area contributed by atoms with Gasteiger partial charge in [0.2, 0.25) is 0 Å². The molecule has 0 aliphatic carbocycles. The van der Waals surface area contributed by atoms with Gasteiger partial charge in [0.25, 0.3) is 0 Å². The first-order valence-electron chi connectivity index (χ1n) is 13.5. The second-order valence-electron chi connectivity index (χ2n) is 10.0. The quantitative estimate of drug-likeness (QED) is 0.234. The van der Waals surface area contributed by atoms with Crippen molar-refractivity contribution in [1.82, 2.24) is 4.57 Å². The maximum atomic E-state index is 13.8. The zero-order chi connectivity index (χ0) is 28.4. The van der Waals surface area contributed by atoms with Crippen LogP contribution in [0.4, 0.5) is 5.69 Å². The highest BCUT2D eigenvalue weighted by molar-refractivity contribution is 6.06. The standard InChI is InChI=1S/C33H36N2O5/c1-7-40-33(36)31-30(23-9-8-10-24(18-23)34(2)3)27(17-21-11-13-25(37-4)14-12-21)35-16-15-22-19-28(38-5)29(39-6)20-26(22)32(31)35/h8-14,18-20H,7,15-17H2,1-6H3. The molecule has 0 radical (unpaired) electrons. The van der Waals surface area contributed by atoms with Crippen molar-refractivity contribution in [2.45, 2.75) is 26.3 Å². The number of carbonyl (C=O) groups is 1. The van der Waals surface area contributed by atoms with E-state index in [1.165, 1.54) is 0 Å². The molecule has 2 heterocycles. The SMILES string of the molecule is CCOC(=O)c1c(-c2cccc(N(C)C)c2)c(Cc2ccc(OC)cc2)n2c1-c1cc(OC)c(OC)cc1CC2. The molecule has 0 spiro atoms. The number of aromatic nitrogens is 1. The Balaban J connectivity index is 1.83. The van der Waals surface area contributed by atoms with E-state index in [1.54, 1.807) is 21.3 Å². The summed E-state index contributed by atoms with van der Waals surface area (Å²) in [6.07, 6.45) is 1.44. The molecular weight excluding hydrogens is 504 g/mol. The van der Waals surface area contributed by atoms with Crippen LogP contribution < -0.4 is 19.1 Å². The third kappa shape index (κ3) is 4.88. The lowest BCUT2D eigenvalue weighted by Gasteiger charge is -2.24. The van der Waals surface area contributed by atoms with Crippen molar-refractivity contribution in [2.24, 2.45) is 0 Å². The summed E-state index contributed by atoms with van der Waals surface area (Å²) in [4.78, 5) is 15.9. The Kier molecular flexibility index (Phi) is 7.74. The Hall–Kier alpha value is -4.39. The van der Waals surface area contributed by atoms with Crippen LogP contribution in [0.1, 0.15) is 34.1 Å². The molecule has 1 aromatic heterocycles. The van der Waals surface area contributed by atoms with Gasteiger partial charge in [-0.2, -0.15) is 0 Å². The maximum absolute atomic E-state index is 13.8. The number of hydrogen-bond acceptors (Lipinski definition) is 6. The molecule has 0 saturated heterocycles. The van der Waals surface area contributed by atoms with Crippen LogP contribution in [0.15, 0.2) is 60.7 Å². The molecule has 1 aliphatic heterocycles.